The summed E-state index contributed by atoms with van der Waals surface area (Å²) in [6.45, 7) is 5.52. The fourth-order valence-electron chi connectivity index (χ4n) is 1.54. The molecule has 2 unspecified atom stereocenters. The summed E-state index contributed by atoms with van der Waals surface area (Å²) >= 11 is 0. The normalized spacial score (nSPS) is 14.2. The number of nitrogens with two attached hydrogens (primary N) is 1. The average molecular weight is 236 g/mol. The van der Waals surface area contributed by atoms with Gasteiger partial charge < -0.3 is 16.2 Å². The number of rotatable bonds is 4. The molecular formula is C13H20N2O2. The molecule has 2 atom stereocenters. The van der Waals surface area contributed by atoms with Crippen LogP contribution in [-0.2, 0) is 4.79 Å². The van der Waals surface area contributed by atoms with E-state index in [1.54, 1.807) is 6.92 Å². The summed E-state index contributed by atoms with van der Waals surface area (Å²) in [4.78, 5) is 11.7. The Kier molecular flexibility index (Phi) is 4.66. The van der Waals surface area contributed by atoms with Gasteiger partial charge in [-0.2, -0.15) is 0 Å². The number of anilines is 1. The lowest BCUT2D eigenvalue weighted by molar-refractivity contribution is -0.117. The first-order valence-electron chi connectivity index (χ1n) is 5.71. The second-order valence-electron chi connectivity index (χ2n) is 4.48. The van der Waals surface area contributed by atoms with Crippen molar-refractivity contribution in [3.05, 3.63) is 29.3 Å². The first-order chi connectivity index (χ1) is 7.90. The number of benzene rings is 1. The second kappa shape index (κ2) is 5.80. The van der Waals surface area contributed by atoms with E-state index in [1.807, 2.05) is 32.0 Å². The van der Waals surface area contributed by atoms with Crippen molar-refractivity contribution in [1.82, 2.24) is 0 Å². The van der Waals surface area contributed by atoms with Gasteiger partial charge in [0, 0.05) is 18.2 Å². The highest BCUT2D eigenvalue weighted by Crippen LogP contribution is 2.16. The minimum Gasteiger partial charge on any atom is -0.392 e. The molecule has 0 aliphatic heterocycles. The summed E-state index contributed by atoms with van der Waals surface area (Å²) in [7, 11) is 0. The van der Waals surface area contributed by atoms with Crippen LogP contribution in [0.5, 0.6) is 0 Å². The van der Waals surface area contributed by atoms with Gasteiger partial charge in [0.1, 0.15) is 0 Å². The van der Waals surface area contributed by atoms with Crippen LogP contribution in [0.2, 0.25) is 0 Å². The highest BCUT2D eigenvalue weighted by atomic mass is 16.3. The Balaban J connectivity index is 2.62. The molecule has 17 heavy (non-hydrogen) atoms. The topological polar surface area (TPSA) is 75.4 Å². The van der Waals surface area contributed by atoms with Crippen molar-refractivity contribution < 1.29 is 9.90 Å². The standard InChI is InChI=1S/C13H20N2O2/c1-8-4-5-12(9(2)6-8)15-13(17)7-11(14)10(3)16/h4-6,10-11,16H,7,14H2,1-3H3,(H,15,17). The van der Waals surface area contributed by atoms with E-state index in [-0.39, 0.29) is 12.3 Å². The maximum absolute atomic E-state index is 11.7. The number of carbonyl (C=O) groups excluding carboxylic acids is 1. The minimum atomic E-state index is -0.681. The summed E-state index contributed by atoms with van der Waals surface area (Å²) in [6.07, 6.45) is -0.565. The Hall–Kier alpha value is -1.39. The highest BCUT2D eigenvalue weighted by molar-refractivity contribution is 5.91. The van der Waals surface area contributed by atoms with E-state index >= 15 is 0 Å². The molecule has 0 heterocycles. The van der Waals surface area contributed by atoms with Crippen LogP contribution < -0.4 is 11.1 Å². The number of hydrogen-bond donors (Lipinski definition) is 3. The Bertz CT molecular complexity index is 402. The Labute approximate surface area is 102 Å². The lowest BCUT2D eigenvalue weighted by Crippen LogP contribution is -2.36. The molecule has 0 spiro atoms. The van der Waals surface area contributed by atoms with Crippen LogP contribution in [0.1, 0.15) is 24.5 Å². The Morgan fingerprint density at radius 3 is 2.65 bits per heavy atom. The number of nitrogens with one attached hydrogen (secondary N) is 1. The average Bonchev–Trinajstić information content (AvgIpc) is 2.22. The second-order valence-corrected chi connectivity index (χ2v) is 4.48. The lowest BCUT2D eigenvalue weighted by atomic mass is 10.1. The van der Waals surface area contributed by atoms with Crippen LogP contribution in [0.3, 0.4) is 0 Å². The van der Waals surface area contributed by atoms with Gasteiger partial charge in [-0.3, -0.25) is 4.79 Å². The third kappa shape index (κ3) is 4.17. The molecule has 1 amide bonds. The molecule has 1 rings (SSSR count). The Morgan fingerprint density at radius 2 is 2.12 bits per heavy atom. The number of carbonyl (C=O) groups is 1. The van der Waals surface area contributed by atoms with Crippen molar-refractivity contribution in [1.29, 1.82) is 0 Å². The number of amides is 1. The molecule has 4 nitrogen and oxygen atoms in total. The van der Waals surface area contributed by atoms with Crippen LogP contribution >= 0.6 is 0 Å². The SMILES string of the molecule is Cc1ccc(NC(=O)CC(N)C(C)O)c(C)c1. The van der Waals surface area contributed by atoms with Crippen molar-refractivity contribution in [3.63, 3.8) is 0 Å². The van der Waals surface area contributed by atoms with Crippen molar-refractivity contribution >= 4 is 11.6 Å². The largest absolute Gasteiger partial charge is 0.392 e. The van der Waals surface area contributed by atoms with E-state index in [9.17, 15) is 9.90 Å². The Morgan fingerprint density at radius 1 is 1.47 bits per heavy atom. The van der Waals surface area contributed by atoms with E-state index in [4.69, 9.17) is 5.73 Å². The molecule has 0 fully saturated rings. The lowest BCUT2D eigenvalue weighted by Gasteiger charge is -2.15. The fourth-order valence-corrected chi connectivity index (χ4v) is 1.54. The zero-order valence-corrected chi connectivity index (χ0v) is 10.5. The molecule has 0 aliphatic rings. The van der Waals surface area contributed by atoms with E-state index in [1.165, 1.54) is 0 Å². The molecule has 0 saturated heterocycles. The third-order valence-corrected chi connectivity index (χ3v) is 2.70. The minimum absolute atomic E-state index is 0.116. The summed E-state index contributed by atoms with van der Waals surface area (Å²) < 4.78 is 0. The highest BCUT2D eigenvalue weighted by Gasteiger charge is 2.14. The molecule has 0 aliphatic carbocycles. The number of aryl methyl sites for hydroxylation is 2. The predicted octanol–water partition coefficient (Wildman–Crippen LogP) is 1.34. The number of aliphatic hydroxyl groups is 1. The molecule has 94 valence electrons. The quantitative estimate of drug-likeness (QED) is 0.738. The number of hydrogen-bond acceptors (Lipinski definition) is 3. The smallest absolute Gasteiger partial charge is 0.226 e. The fraction of sp³-hybridized carbons (Fsp3) is 0.462. The third-order valence-electron chi connectivity index (χ3n) is 2.70. The van der Waals surface area contributed by atoms with E-state index in [0.29, 0.717) is 0 Å². The maximum Gasteiger partial charge on any atom is 0.226 e. The van der Waals surface area contributed by atoms with Crippen LogP contribution in [0.25, 0.3) is 0 Å². The van der Waals surface area contributed by atoms with Crippen LogP contribution in [0, 0.1) is 13.8 Å². The summed E-state index contributed by atoms with van der Waals surface area (Å²) in [5.74, 6) is -0.176. The van der Waals surface area contributed by atoms with E-state index < -0.39 is 12.1 Å². The van der Waals surface area contributed by atoms with Gasteiger partial charge in [-0.1, -0.05) is 17.7 Å². The van der Waals surface area contributed by atoms with E-state index in [0.717, 1.165) is 16.8 Å². The molecule has 4 N–H and O–H groups in total. The van der Waals surface area contributed by atoms with Gasteiger partial charge in [0.2, 0.25) is 5.91 Å². The summed E-state index contributed by atoms with van der Waals surface area (Å²) in [5.41, 5.74) is 8.58. The molecule has 0 saturated carbocycles. The van der Waals surface area contributed by atoms with Crippen molar-refractivity contribution in [2.24, 2.45) is 5.73 Å². The van der Waals surface area contributed by atoms with Gasteiger partial charge in [0.15, 0.2) is 0 Å². The van der Waals surface area contributed by atoms with E-state index in [2.05, 4.69) is 5.32 Å². The molecule has 1 aromatic rings. The molecule has 0 radical (unpaired) electrons. The van der Waals surface area contributed by atoms with Crippen molar-refractivity contribution in [2.75, 3.05) is 5.32 Å². The molecular weight excluding hydrogens is 216 g/mol. The zero-order valence-electron chi connectivity index (χ0n) is 10.5. The first kappa shape index (κ1) is 13.7. The van der Waals surface area contributed by atoms with Gasteiger partial charge in [0.25, 0.3) is 0 Å². The van der Waals surface area contributed by atoms with Gasteiger partial charge in [0.05, 0.1) is 6.10 Å². The van der Waals surface area contributed by atoms with Gasteiger partial charge in [-0.25, -0.2) is 0 Å². The molecule has 0 aromatic heterocycles. The molecule has 4 heteroatoms. The van der Waals surface area contributed by atoms with Crippen LogP contribution in [0.4, 0.5) is 5.69 Å². The van der Waals surface area contributed by atoms with Crippen molar-refractivity contribution in [2.45, 2.75) is 39.3 Å². The van der Waals surface area contributed by atoms with Crippen molar-refractivity contribution in [3.8, 4) is 0 Å². The molecule has 1 aromatic carbocycles. The first-order valence-corrected chi connectivity index (χ1v) is 5.71. The van der Waals surface area contributed by atoms with Crippen LogP contribution in [-0.4, -0.2) is 23.2 Å². The maximum atomic E-state index is 11.7. The van der Waals surface area contributed by atoms with Gasteiger partial charge >= 0.3 is 0 Å². The van der Waals surface area contributed by atoms with Crippen LogP contribution in [0.15, 0.2) is 18.2 Å². The molecule has 0 bridgehead atoms. The van der Waals surface area contributed by atoms with Gasteiger partial charge in [-0.05, 0) is 32.4 Å². The summed E-state index contributed by atoms with van der Waals surface area (Å²) in [6, 6.07) is 5.29. The number of aliphatic hydroxyl groups excluding tert-OH is 1. The monoisotopic (exact) mass is 236 g/mol. The zero-order chi connectivity index (χ0) is 13.0. The predicted molar refractivity (Wildman–Crippen MR) is 68.8 cm³/mol. The summed E-state index contributed by atoms with van der Waals surface area (Å²) in [5, 5.41) is 12.0. The van der Waals surface area contributed by atoms with Gasteiger partial charge in [-0.15, -0.1) is 0 Å².